The van der Waals surface area contributed by atoms with Crippen LogP contribution in [0.3, 0.4) is 0 Å². The van der Waals surface area contributed by atoms with E-state index >= 15 is 0 Å². The molecule has 0 aromatic heterocycles. The minimum absolute atomic E-state index is 0.311. The topological polar surface area (TPSA) is 38.3 Å². The third kappa shape index (κ3) is 4.04. The highest BCUT2D eigenvalue weighted by Crippen LogP contribution is 2.29. The van der Waals surface area contributed by atoms with Crippen molar-refractivity contribution in [3.05, 3.63) is 0 Å². The molecule has 16 heavy (non-hydrogen) atoms. The van der Waals surface area contributed by atoms with Gasteiger partial charge in [-0.05, 0) is 26.2 Å². The fourth-order valence-electron chi connectivity index (χ4n) is 1.86. The Kier molecular flexibility index (Phi) is 4.65. The van der Waals surface area contributed by atoms with Gasteiger partial charge in [-0.2, -0.15) is 0 Å². The molecule has 1 unspecified atom stereocenters. The molecule has 1 heterocycles. The molecule has 0 aromatic carbocycles. The summed E-state index contributed by atoms with van der Waals surface area (Å²) in [6.45, 7) is 3.13. The number of nitrogens with one attached hydrogen (secondary N) is 1. The van der Waals surface area contributed by atoms with Crippen molar-refractivity contribution in [3.63, 3.8) is 0 Å². The molecule has 0 spiro atoms. The van der Waals surface area contributed by atoms with E-state index < -0.39 is 17.9 Å². The van der Waals surface area contributed by atoms with Crippen LogP contribution in [0, 0.1) is 0 Å². The Morgan fingerprint density at radius 3 is 2.75 bits per heavy atom. The predicted octanol–water partition coefficient (Wildman–Crippen LogP) is 2.11. The SMILES string of the molecule is CC(=O)NC(C)C(F)(F)C[C@@H]1CCCCO1. The molecule has 94 valence electrons. The molecule has 1 fully saturated rings. The molecule has 0 saturated carbocycles. The molecule has 0 bridgehead atoms. The van der Waals surface area contributed by atoms with E-state index in [2.05, 4.69) is 5.32 Å². The molecule has 1 saturated heterocycles. The minimum atomic E-state index is -2.91. The second-order valence-corrected chi connectivity index (χ2v) is 4.38. The lowest BCUT2D eigenvalue weighted by molar-refractivity contribution is -0.127. The average Bonchev–Trinajstić information content (AvgIpc) is 2.17. The summed E-state index contributed by atoms with van der Waals surface area (Å²) in [5, 5.41) is 2.23. The molecule has 0 aromatic rings. The second kappa shape index (κ2) is 5.57. The van der Waals surface area contributed by atoms with E-state index in [4.69, 9.17) is 4.74 Å². The van der Waals surface area contributed by atoms with E-state index in [0.29, 0.717) is 13.0 Å². The van der Waals surface area contributed by atoms with Gasteiger partial charge >= 0.3 is 0 Å². The summed E-state index contributed by atoms with van der Waals surface area (Å²) < 4.78 is 32.6. The van der Waals surface area contributed by atoms with Crippen LogP contribution in [0.2, 0.25) is 0 Å². The average molecular weight is 235 g/mol. The monoisotopic (exact) mass is 235 g/mol. The van der Waals surface area contributed by atoms with Crippen LogP contribution in [0.15, 0.2) is 0 Å². The van der Waals surface area contributed by atoms with Crippen LogP contribution in [-0.4, -0.2) is 30.6 Å². The van der Waals surface area contributed by atoms with Gasteiger partial charge in [-0.3, -0.25) is 4.79 Å². The van der Waals surface area contributed by atoms with Gasteiger partial charge < -0.3 is 10.1 Å². The molecule has 1 N–H and O–H groups in total. The van der Waals surface area contributed by atoms with Crippen molar-refractivity contribution in [1.82, 2.24) is 5.32 Å². The number of amides is 1. The summed E-state index contributed by atoms with van der Waals surface area (Å²) in [7, 11) is 0. The van der Waals surface area contributed by atoms with Crippen molar-refractivity contribution in [1.29, 1.82) is 0 Å². The maximum absolute atomic E-state index is 13.7. The van der Waals surface area contributed by atoms with Gasteiger partial charge in [0, 0.05) is 20.0 Å². The van der Waals surface area contributed by atoms with Crippen LogP contribution in [0.25, 0.3) is 0 Å². The maximum Gasteiger partial charge on any atom is 0.270 e. The lowest BCUT2D eigenvalue weighted by Crippen LogP contribution is -2.47. The number of carbonyl (C=O) groups excluding carboxylic acids is 1. The van der Waals surface area contributed by atoms with E-state index in [9.17, 15) is 13.6 Å². The summed E-state index contributed by atoms with van der Waals surface area (Å²) in [5.41, 5.74) is 0. The van der Waals surface area contributed by atoms with Crippen LogP contribution in [0.5, 0.6) is 0 Å². The Balaban J connectivity index is 2.45. The van der Waals surface area contributed by atoms with E-state index in [1.54, 1.807) is 0 Å². The highest BCUT2D eigenvalue weighted by molar-refractivity contribution is 5.73. The van der Waals surface area contributed by atoms with Gasteiger partial charge in [-0.1, -0.05) is 0 Å². The summed E-state index contributed by atoms with van der Waals surface area (Å²) in [6, 6.07) is -1.14. The molecule has 0 aliphatic carbocycles. The zero-order chi connectivity index (χ0) is 12.2. The lowest BCUT2D eigenvalue weighted by atomic mass is 9.99. The van der Waals surface area contributed by atoms with E-state index in [-0.39, 0.29) is 12.5 Å². The van der Waals surface area contributed by atoms with Crippen molar-refractivity contribution in [3.8, 4) is 0 Å². The smallest absolute Gasteiger partial charge is 0.270 e. The highest BCUT2D eigenvalue weighted by Gasteiger charge is 2.39. The zero-order valence-corrected chi connectivity index (χ0v) is 9.76. The number of alkyl halides is 2. The second-order valence-electron chi connectivity index (χ2n) is 4.38. The van der Waals surface area contributed by atoms with Gasteiger partial charge in [-0.15, -0.1) is 0 Å². The highest BCUT2D eigenvalue weighted by atomic mass is 19.3. The number of halogens is 2. The number of rotatable bonds is 4. The van der Waals surface area contributed by atoms with Crippen molar-refractivity contribution in [2.75, 3.05) is 6.61 Å². The number of hydrogen-bond donors (Lipinski definition) is 1. The molecular formula is C11H19F2NO2. The third-order valence-electron chi connectivity index (χ3n) is 2.83. The van der Waals surface area contributed by atoms with Gasteiger partial charge in [-0.25, -0.2) is 8.78 Å². The number of hydrogen-bond acceptors (Lipinski definition) is 2. The van der Waals surface area contributed by atoms with E-state index in [1.807, 2.05) is 0 Å². The first-order valence-corrected chi connectivity index (χ1v) is 5.68. The van der Waals surface area contributed by atoms with Crippen LogP contribution in [0.4, 0.5) is 8.78 Å². The summed E-state index contributed by atoms with van der Waals surface area (Å²) >= 11 is 0. The van der Waals surface area contributed by atoms with Crippen molar-refractivity contribution in [2.24, 2.45) is 0 Å². The Morgan fingerprint density at radius 2 is 2.25 bits per heavy atom. The summed E-state index contributed by atoms with van der Waals surface area (Å²) in [6.07, 6.45) is 1.88. The van der Waals surface area contributed by atoms with Crippen molar-refractivity contribution < 1.29 is 18.3 Å². The van der Waals surface area contributed by atoms with Crippen LogP contribution >= 0.6 is 0 Å². The Hall–Kier alpha value is -0.710. The Bertz CT molecular complexity index is 240. The molecule has 2 atom stereocenters. The van der Waals surface area contributed by atoms with Crippen LogP contribution < -0.4 is 5.32 Å². The first-order valence-electron chi connectivity index (χ1n) is 5.68. The Morgan fingerprint density at radius 1 is 1.56 bits per heavy atom. The molecule has 3 nitrogen and oxygen atoms in total. The van der Waals surface area contributed by atoms with Gasteiger partial charge in [0.05, 0.1) is 12.1 Å². The van der Waals surface area contributed by atoms with E-state index in [0.717, 1.165) is 12.8 Å². The van der Waals surface area contributed by atoms with Gasteiger partial charge in [0.15, 0.2) is 0 Å². The largest absolute Gasteiger partial charge is 0.378 e. The molecule has 0 radical (unpaired) electrons. The fraction of sp³-hybridized carbons (Fsp3) is 0.909. The first kappa shape index (κ1) is 13.4. The van der Waals surface area contributed by atoms with Crippen molar-refractivity contribution in [2.45, 2.75) is 57.6 Å². The third-order valence-corrected chi connectivity index (χ3v) is 2.83. The number of ether oxygens (including phenoxy) is 1. The Labute approximate surface area is 94.5 Å². The maximum atomic E-state index is 13.7. The van der Waals surface area contributed by atoms with Crippen molar-refractivity contribution >= 4 is 5.91 Å². The van der Waals surface area contributed by atoms with Gasteiger partial charge in [0.2, 0.25) is 5.91 Å². The summed E-state index contributed by atoms with van der Waals surface area (Å²) in [5.74, 6) is -3.34. The molecule has 1 rings (SSSR count). The van der Waals surface area contributed by atoms with Gasteiger partial charge in [0.1, 0.15) is 0 Å². The van der Waals surface area contributed by atoms with Crippen LogP contribution in [-0.2, 0) is 9.53 Å². The van der Waals surface area contributed by atoms with Gasteiger partial charge in [0.25, 0.3) is 5.92 Å². The fourth-order valence-corrected chi connectivity index (χ4v) is 1.86. The number of carbonyl (C=O) groups is 1. The molecule has 1 aliphatic heterocycles. The summed E-state index contributed by atoms with van der Waals surface area (Å²) in [4.78, 5) is 10.7. The quantitative estimate of drug-likeness (QED) is 0.810. The molecule has 1 amide bonds. The lowest BCUT2D eigenvalue weighted by Gasteiger charge is -2.30. The predicted molar refractivity (Wildman–Crippen MR) is 56.4 cm³/mol. The molecule has 1 aliphatic rings. The minimum Gasteiger partial charge on any atom is -0.378 e. The standard InChI is InChI=1S/C11H19F2NO2/c1-8(14-9(2)15)11(12,13)7-10-5-3-4-6-16-10/h8,10H,3-7H2,1-2H3,(H,14,15)/t8?,10-/m0/s1. The zero-order valence-electron chi connectivity index (χ0n) is 9.76. The molecular weight excluding hydrogens is 216 g/mol. The van der Waals surface area contributed by atoms with Crippen LogP contribution in [0.1, 0.15) is 39.5 Å². The normalized spacial score (nSPS) is 23.9. The first-order chi connectivity index (χ1) is 7.42. The molecule has 5 heteroatoms. The van der Waals surface area contributed by atoms with E-state index in [1.165, 1.54) is 13.8 Å².